The van der Waals surface area contributed by atoms with Gasteiger partial charge >= 0.3 is 0 Å². The fourth-order valence-electron chi connectivity index (χ4n) is 2.61. The second-order valence-electron chi connectivity index (χ2n) is 6.57. The number of nitrogens with one attached hydrogen (secondary N) is 3. The molecule has 2 rings (SSSR count). The number of pyridine rings is 1. The van der Waals surface area contributed by atoms with Crippen molar-refractivity contribution in [2.24, 2.45) is 7.05 Å². The minimum absolute atomic E-state index is 0.185. The van der Waals surface area contributed by atoms with Crippen LogP contribution in [0.1, 0.15) is 25.0 Å². The monoisotopic (exact) mass is 434 g/mol. The van der Waals surface area contributed by atoms with Gasteiger partial charge in [-0.1, -0.05) is 18.5 Å². The van der Waals surface area contributed by atoms with Crippen molar-refractivity contribution in [3.63, 3.8) is 0 Å². The van der Waals surface area contributed by atoms with E-state index in [1.54, 1.807) is 33.5 Å². The highest BCUT2D eigenvalue weighted by Crippen LogP contribution is 2.20. The van der Waals surface area contributed by atoms with Gasteiger partial charge in [-0.3, -0.25) is 9.78 Å². The summed E-state index contributed by atoms with van der Waals surface area (Å²) in [5, 5.41) is 17.7. The van der Waals surface area contributed by atoms with Crippen LogP contribution >= 0.6 is 11.6 Å². The number of halogens is 1. The van der Waals surface area contributed by atoms with Gasteiger partial charge in [0.2, 0.25) is 5.88 Å². The molecule has 0 unspecified atom stereocenters. The summed E-state index contributed by atoms with van der Waals surface area (Å²) < 4.78 is 12.1. The Morgan fingerprint density at radius 1 is 1.43 bits per heavy atom. The zero-order valence-electron chi connectivity index (χ0n) is 17.5. The quantitative estimate of drug-likeness (QED) is 0.367. The van der Waals surface area contributed by atoms with Gasteiger partial charge in [0, 0.05) is 50.1 Å². The van der Waals surface area contributed by atoms with E-state index in [-0.39, 0.29) is 18.0 Å². The molecule has 0 radical (unpaired) electrons. The van der Waals surface area contributed by atoms with Crippen molar-refractivity contribution in [1.82, 2.24) is 20.1 Å². The molecule has 30 heavy (non-hydrogen) atoms. The highest BCUT2D eigenvalue weighted by atomic mass is 35.5. The van der Waals surface area contributed by atoms with Crippen LogP contribution in [0.2, 0.25) is 0 Å². The molecule has 10 heteroatoms. The van der Waals surface area contributed by atoms with Gasteiger partial charge in [-0.15, -0.1) is 5.10 Å². The first-order valence-electron chi connectivity index (χ1n) is 9.41. The molecular weight excluding hydrogens is 408 g/mol. The Kier molecular flexibility index (Phi) is 8.67. The zero-order chi connectivity index (χ0) is 22.1. The SMILES string of the molecule is CN/C(Cl)=C(\C=N)CNc1cc(OCC[C@@H](C)c2ccc(OC)cn2)nn(C)c1=O. The van der Waals surface area contributed by atoms with E-state index in [0.29, 0.717) is 34.7 Å². The number of rotatable bonds is 11. The van der Waals surface area contributed by atoms with Crippen molar-refractivity contribution in [1.29, 1.82) is 5.41 Å². The third-order valence-corrected chi connectivity index (χ3v) is 4.92. The van der Waals surface area contributed by atoms with Gasteiger partial charge in [0.1, 0.15) is 16.6 Å². The summed E-state index contributed by atoms with van der Waals surface area (Å²) in [5.41, 5.74) is 1.47. The number of hydrogen-bond acceptors (Lipinski definition) is 8. The topological polar surface area (TPSA) is 114 Å². The van der Waals surface area contributed by atoms with Crippen LogP contribution in [0, 0.1) is 5.41 Å². The van der Waals surface area contributed by atoms with Gasteiger partial charge in [0.25, 0.3) is 5.56 Å². The van der Waals surface area contributed by atoms with E-state index in [2.05, 4.69) is 27.6 Å². The van der Waals surface area contributed by atoms with E-state index in [0.717, 1.165) is 18.3 Å². The number of nitrogens with zero attached hydrogens (tertiary/aromatic N) is 3. The number of aryl methyl sites for hydroxylation is 1. The van der Waals surface area contributed by atoms with E-state index in [9.17, 15) is 4.79 Å². The molecule has 0 spiro atoms. The lowest BCUT2D eigenvalue weighted by atomic mass is 10.0. The van der Waals surface area contributed by atoms with Crippen molar-refractivity contribution < 1.29 is 9.47 Å². The largest absolute Gasteiger partial charge is 0.495 e. The molecule has 0 saturated heterocycles. The first kappa shape index (κ1) is 23.2. The molecule has 0 aliphatic carbocycles. The fourth-order valence-corrected chi connectivity index (χ4v) is 2.74. The molecule has 9 nitrogen and oxygen atoms in total. The molecule has 0 aromatic carbocycles. The first-order chi connectivity index (χ1) is 14.4. The number of hydrogen-bond donors (Lipinski definition) is 3. The average molecular weight is 435 g/mol. The third kappa shape index (κ3) is 6.21. The van der Waals surface area contributed by atoms with Crippen LogP contribution in [0.25, 0.3) is 0 Å². The molecule has 0 aliphatic rings. The summed E-state index contributed by atoms with van der Waals surface area (Å²) in [6, 6.07) is 5.36. The Morgan fingerprint density at radius 2 is 2.20 bits per heavy atom. The molecule has 162 valence electrons. The molecule has 0 bridgehead atoms. The van der Waals surface area contributed by atoms with Crippen LogP contribution in [0.15, 0.2) is 39.9 Å². The van der Waals surface area contributed by atoms with E-state index < -0.39 is 0 Å². The summed E-state index contributed by atoms with van der Waals surface area (Å²) in [7, 11) is 4.82. The maximum atomic E-state index is 12.3. The van der Waals surface area contributed by atoms with Gasteiger partial charge in [-0.05, 0) is 18.6 Å². The van der Waals surface area contributed by atoms with E-state index >= 15 is 0 Å². The predicted octanol–water partition coefficient (Wildman–Crippen LogP) is 2.49. The molecule has 0 fully saturated rings. The minimum atomic E-state index is -0.303. The number of anilines is 1. The smallest absolute Gasteiger partial charge is 0.290 e. The third-order valence-electron chi connectivity index (χ3n) is 4.49. The molecular formula is C20H27ClN6O3. The van der Waals surface area contributed by atoms with Crippen molar-refractivity contribution >= 4 is 23.5 Å². The normalized spacial score (nSPS) is 12.6. The van der Waals surface area contributed by atoms with Gasteiger partial charge in [-0.25, -0.2) is 4.68 Å². The Labute approximate surface area is 180 Å². The second kappa shape index (κ2) is 11.2. The van der Waals surface area contributed by atoms with Gasteiger partial charge in [0.05, 0.1) is 19.9 Å². The standard InChI is InChI=1S/C20H27ClN6O3/c1-13(16-6-5-15(29-4)12-25-16)7-8-30-18-9-17(20(28)27(3)26-18)24-11-14(10-22)19(21)23-2/h5-6,9-10,12-13,22-24H,7-8,11H2,1-4H3/b19-14+,22-10?/t13-/m1/s1. The predicted molar refractivity (Wildman–Crippen MR) is 118 cm³/mol. The van der Waals surface area contributed by atoms with Crippen LogP contribution in [-0.4, -0.2) is 48.3 Å². The minimum Gasteiger partial charge on any atom is -0.495 e. The number of aromatic nitrogens is 3. The number of ether oxygens (including phenoxy) is 2. The van der Waals surface area contributed by atoms with Crippen LogP contribution in [0.3, 0.4) is 0 Å². The summed E-state index contributed by atoms with van der Waals surface area (Å²) >= 11 is 6.01. The molecule has 2 heterocycles. The molecule has 2 aromatic rings. The van der Waals surface area contributed by atoms with Crippen LogP contribution < -0.4 is 25.7 Å². The summed E-state index contributed by atoms with van der Waals surface area (Å²) in [5.74, 6) is 1.23. The van der Waals surface area contributed by atoms with Gasteiger partial charge in [0.15, 0.2) is 0 Å². The van der Waals surface area contributed by atoms with Crippen LogP contribution in [0.4, 0.5) is 5.69 Å². The van der Waals surface area contributed by atoms with E-state index in [1.165, 1.54) is 4.68 Å². The van der Waals surface area contributed by atoms with Crippen molar-refractivity contribution in [2.45, 2.75) is 19.3 Å². The summed E-state index contributed by atoms with van der Waals surface area (Å²) in [6.45, 7) is 2.69. The maximum absolute atomic E-state index is 12.3. The maximum Gasteiger partial charge on any atom is 0.290 e. The molecule has 0 aliphatic heterocycles. The summed E-state index contributed by atoms with van der Waals surface area (Å²) in [6.07, 6.45) is 3.55. The van der Waals surface area contributed by atoms with Gasteiger partial charge < -0.3 is 25.5 Å². The Hall–Kier alpha value is -3.07. The molecule has 1 atom stereocenters. The first-order valence-corrected chi connectivity index (χ1v) is 9.79. The van der Waals surface area contributed by atoms with E-state index in [1.807, 2.05) is 12.1 Å². The second-order valence-corrected chi connectivity index (χ2v) is 6.95. The molecule has 3 N–H and O–H groups in total. The zero-order valence-corrected chi connectivity index (χ0v) is 18.3. The molecule has 2 aromatic heterocycles. The highest BCUT2D eigenvalue weighted by molar-refractivity contribution is 6.30. The van der Waals surface area contributed by atoms with Crippen LogP contribution in [0.5, 0.6) is 11.6 Å². The average Bonchev–Trinajstić information content (AvgIpc) is 2.76. The fraction of sp³-hybridized carbons (Fsp3) is 0.400. The Morgan fingerprint density at radius 3 is 2.80 bits per heavy atom. The number of methoxy groups -OCH3 is 1. The van der Waals surface area contributed by atoms with Crippen molar-refractivity contribution in [3.05, 3.63) is 51.2 Å². The highest BCUT2D eigenvalue weighted by Gasteiger charge is 2.11. The molecule has 0 amide bonds. The molecule has 0 saturated carbocycles. The van der Waals surface area contributed by atoms with Crippen molar-refractivity contribution in [3.8, 4) is 11.6 Å². The van der Waals surface area contributed by atoms with Crippen molar-refractivity contribution in [2.75, 3.05) is 32.6 Å². The summed E-state index contributed by atoms with van der Waals surface area (Å²) in [4.78, 5) is 16.7. The lowest BCUT2D eigenvalue weighted by molar-refractivity contribution is 0.281. The Bertz CT molecular complexity index is 943. The van der Waals surface area contributed by atoms with Gasteiger partial charge in [-0.2, -0.15) is 0 Å². The Balaban J connectivity index is 2.00. The van der Waals surface area contributed by atoms with Crippen LogP contribution in [-0.2, 0) is 7.05 Å². The lowest BCUT2D eigenvalue weighted by Crippen LogP contribution is -2.25. The lowest BCUT2D eigenvalue weighted by Gasteiger charge is -2.14. The van der Waals surface area contributed by atoms with E-state index in [4.69, 9.17) is 26.5 Å².